The number of rotatable bonds is 5. The van der Waals surface area contributed by atoms with Crippen molar-refractivity contribution in [2.24, 2.45) is 0 Å². The molecule has 1 heterocycles. The average Bonchev–Trinajstić information content (AvgIpc) is 2.86. The molecule has 2 aromatic rings. The molecule has 2 rings (SSSR count). The van der Waals surface area contributed by atoms with Gasteiger partial charge >= 0.3 is 0 Å². The lowest BCUT2D eigenvalue weighted by Gasteiger charge is -2.08. The Labute approximate surface area is 106 Å². The predicted molar refractivity (Wildman–Crippen MR) is 69.9 cm³/mol. The van der Waals surface area contributed by atoms with Gasteiger partial charge in [0.25, 0.3) is 0 Å². The van der Waals surface area contributed by atoms with Gasteiger partial charge in [-0.1, -0.05) is 19.1 Å². The smallest absolute Gasteiger partial charge is 0.194 e. The van der Waals surface area contributed by atoms with Gasteiger partial charge in [-0.05, 0) is 30.7 Å². The molecule has 94 valence electrons. The number of benzene rings is 1. The summed E-state index contributed by atoms with van der Waals surface area (Å²) >= 11 is 0. The molecule has 1 aromatic carbocycles. The first-order valence-electron chi connectivity index (χ1n) is 6.05. The van der Waals surface area contributed by atoms with Crippen molar-refractivity contribution in [3.63, 3.8) is 0 Å². The molecule has 3 nitrogen and oxygen atoms in total. The lowest BCUT2D eigenvalue weighted by molar-refractivity contribution is 0.0988. The molecule has 0 spiro atoms. The number of hydrogen-bond acceptors (Lipinski definition) is 3. The van der Waals surface area contributed by atoms with Gasteiger partial charge in [0.15, 0.2) is 11.5 Å². The van der Waals surface area contributed by atoms with E-state index in [1.54, 1.807) is 12.1 Å². The quantitative estimate of drug-likeness (QED) is 0.748. The van der Waals surface area contributed by atoms with Crippen molar-refractivity contribution in [3.05, 3.63) is 42.2 Å². The number of furan rings is 1. The van der Waals surface area contributed by atoms with E-state index >= 15 is 0 Å². The lowest BCUT2D eigenvalue weighted by atomic mass is 10.1. The minimum Gasteiger partial charge on any atom is -0.493 e. The maximum absolute atomic E-state index is 11.2. The van der Waals surface area contributed by atoms with E-state index in [4.69, 9.17) is 9.15 Å². The molecular formula is C15H16O3. The zero-order valence-electron chi connectivity index (χ0n) is 10.6. The van der Waals surface area contributed by atoms with Gasteiger partial charge in [-0.25, -0.2) is 0 Å². The molecule has 1 aromatic heterocycles. The van der Waals surface area contributed by atoms with Crippen LogP contribution in [0.15, 0.2) is 40.8 Å². The van der Waals surface area contributed by atoms with Crippen LogP contribution in [0.4, 0.5) is 0 Å². The van der Waals surface area contributed by atoms with Gasteiger partial charge in [-0.15, -0.1) is 0 Å². The second-order valence-corrected chi connectivity index (χ2v) is 4.06. The molecule has 0 radical (unpaired) electrons. The Morgan fingerprint density at radius 3 is 2.67 bits per heavy atom. The number of carbonyl (C=O) groups excluding carboxylic acids is 1. The van der Waals surface area contributed by atoms with E-state index in [1.165, 1.54) is 6.92 Å². The minimum absolute atomic E-state index is 0.0757. The number of Topliss-reactive ketones (excluding diaryl/α,β-unsaturated/α-hetero) is 1. The van der Waals surface area contributed by atoms with Crippen LogP contribution in [-0.4, -0.2) is 12.4 Å². The highest BCUT2D eigenvalue weighted by molar-refractivity contribution is 5.92. The van der Waals surface area contributed by atoms with Crippen molar-refractivity contribution in [3.8, 4) is 17.1 Å². The predicted octanol–water partition coefficient (Wildman–Crippen LogP) is 3.94. The Balaban J connectivity index is 2.33. The Morgan fingerprint density at radius 1 is 1.22 bits per heavy atom. The van der Waals surface area contributed by atoms with Crippen LogP contribution in [0, 0.1) is 0 Å². The third kappa shape index (κ3) is 2.62. The van der Waals surface area contributed by atoms with Gasteiger partial charge in [0.1, 0.15) is 11.5 Å². The van der Waals surface area contributed by atoms with Crippen molar-refractivity contribution in [1.82, 2.24) is 0 Å². The number of ether oxygens (including phenoxy) is 1. The van der Waals surface area contributed by atoms with Crippen LogP contribution < -0.4 is 4.74 Å². The minimum atomic E-state index is -0.0757. The molecule has 0 aliphatic rings. The Bertz CT molecular complexity index is 540. The third-order valence-electron chi connectivity index (χ3n) is 2.57. The molecule has 3 heteroatoms. The fourth-order valence-electron chi connectivity index (χ4n) is 1.68. The maximum atomic E-state index is 11.2. The molecule has 0 saturated heterocycles. The number of ketones is 1. The summed E-state index contributed by atoms with van der Waals surface area (Å²) in [6.07, 6.45) is 0.950. The van der Waals surface area contributed by atoms with Crippen LogP contribution in [0.3, 0.4) is 0 Å². The van der Waals surface area contributed by atoms with Crippen molar-refractivity contribution in [1.29, 1.82) is 0 Å². The first kappa shape index (κ1) is 12.4. The summed E-state index contributed by atoms with van der Waals surface area (Å²) < 4.78 is 11.2. The zero-order chi connectivity index (χ0) is 13.0. The van der Waals surface area contributed by atoms with E-state index in [-0.39, 0.29) is 5.78 Å². The summed E-state index contributed by atoms with van der Waals surface area (Å²) in [4.78, 5) is 11.2. The van der Waals surface area contributed by atoms with E-state index in [2.05, 4.69) is 6.92 Å². The first-order valence-corrected chi connectivity index (χ1v) is 6.05. The monoisotopic (exact) mass is 244 g/mol. The molecule has 0 saturated carbocycles. The largest absolute Gasteiger partial charge is 0.493 e. The molecular weight excluding hydrogens is 228 g/mol. The van der Waals surface area contributed by atoms with Crippen LogP contribution in [-0.2, 0) is 0 Å². The Kier molecular flexibility index (Phi) is 3.82. The van der Waals surface area contributed by atoms with Crippen LogP contribution >= 0.6 is 0 Å². The van der Waals surface area contributed by atoms with Gasteiger partial charge in [-0.3, -0.25) is 4.79 Å². The summed E-state index contributed by atoms with van der Waals surface area (Å²) in [6.45, 7) is 4.21. The topological polar surface area (TPSA) is 39.4 Å². The van der Waals surface area contributed by atoms with Crippen LogP contribution in [0.2, 0.25) is 0 Å². The van der Waals surface area contributed by atoms with E-state index < -0.39 is 0 Å². The van der Waals surface area contributed by atoms with Crippen LogP contribution in [0.1, 0.15) is 30.8 Å². The van der Waals surface area contributed by atoms with Gasteiger partial charge in [0, 0.05) is 6.92 Å². The molecule has 0 N–H and O–H groups in total. The van der Waals surface area contributed by atoms with Gasteiger partial charge in [-0.2, -0.15) is 0 Å². The summed E-state index contributed by atoms with van der Waals surface area (Å²) in [5, 5.41) is 0. The fourth-order valence-corrected chi connectivity index (χ4v) is 1.68. The molecule has 0 unspecified atom stereocenters. The van der Waals surface area contributed by atoms with Crippen molar-refractivity contribution >= 4 is 5.78 Å². The molecule has 0 amide bonds. The molecule has 0 bridgehead atoms. The second kappa shape index (κ2) is 5.54. The van der Waals surface area contributed by atoms with Crippen molar-refractivity contribution in [2.45, 2.75) is 20.3 Å². The molecule has 18 heavy (non-hydrogen) atoms. The van der Waals surface area contributed by atoms with Gasteiger partial charge in [0.05, 0.1) is 12.2 Å². The summed E-state index contributed by atoms with van der Waals surface area (Å²) in [7, 11) is 0. The Hall–Kier alpha value is -2.03. The van der Waals surface area contributed by atoms with Crippen LogP contribution in [0.25, 0.3) is 11.3 Å². The van der Waals surface area contributed by atoms with E-state index in [9.17, 15) is 4.79 Å². The molecule has 0 fully saturated rings. The van der Waals surface area contributed by atoms with Crippen LogP contribution in [0.5, 0.6) is 5.75 Å². The van der Waals surface area contributed by atoms with Crippen molar-refractivity contribution < 1.29 is 13.9 Å². The normalized spacial score (nSPS) is 10.3. The summed E-state index contributed by atoms with van der Waals surface area (Å²) in [5.74, 6) is 1.74. The lowest BCUT2D eigenvalue weighted by Crippen LogP contribution is -1.96. The summed E-state index contributed by atoms with van der Waals surface area (Å²) in [5.41, 5.74) is 0.874. The standard InChI is InChI=1S/C15H16O3/c1-3-10-17-14-7-5-4-6-12(14)15-9-8-13(18-15)11(2)16/h4-9H,3,10H2,1-2H3. The van der Waals surface area contributed by atoms with E-state index in [1.807, 2.05) is 24.3 Å². The van der Waals surface area contributed by atoms with E-state index in [0.29, 0.717) is 18.1 Å². The van der Waals surface area contributed by atoms with E-state index in [0.717, 1.165) is 17.7 Å². The SMILES string of the molecule is CCCOc1ccccc1-c1ccc(C(C)=O)o1. The zero-order valence-corrected chi connectivity index (χ0v) is 10.6. The second-order valence-electron chi connectivity index (χ2n) is 4.06. The molecule has 0 aliphatic carbocycles. The Morgan fingerprint density at radius 2 is 2.00 bits per heavy atom. The number of para-hydroxylation sites is 1. The number of hydrogen-bond donors (Lipinski definition) is 0. The molecule has 0 atom stereocenters. The average molecular weight is 244 g/mol. The fraction of sp³-hybridized carbons (Fsp3) is 0.267. The number of carbonyl (C=O) groups is 1. The van der Waals surface area contributed by atoms with Gasteiger partial charge < -0.3 is 9.15 Å². The highest BCUT2D eigenvalue weighted by atomic mass is 16.5. The van der Waals surface area contributed by atoms with Gasteiger partial charge in [0.2, 0.25) is 0 Å². The first-order chi connectivity index (χ1) is 8.72. The maximum Gasteiger partial charge on any atom is 0.194 e. The van der Waals surface area contributed by atoms with Crippen molar-refractivity contribution in [2.75, 3.05) is 6.61 Å². The highest BCUT2D eigenvalue weighted by Crippen LogP contribution is 2.31. The summed E-state index contributed by atoms with van der Waals surface area (Å²) in [6, 6.07) is 11.2. The molecule has 0 aliphatic heterocycles. The third-order valence-corrected chi connectivity index (χ3v) is 2.57. The highest BCUT2D eigenvalue weighted by Gasteiger charge is 2.11.